The molecule has 0 spiro atoms. The average molecular weight is 358 g/mol. The molecule has 3 aromatic rings. The van der Waals surface area contributed by atoms with E-state index in [0.29, 0.717) is 0 Å². The van der Waals surface area contributed by atoms with E-state index in [1.54, 1.807) is 0 Å². The predicted molar refractivity (Wildman–Crippen MR) is 117 cm³/mol. The van der Waals surface area contributed by atoms with Gasteiger partial charge in [-0.3, -0.25) is 0 Å². The molecule has 2 heteroatoms. The van der Waals surface area contributed by atoms with Crippen LogP contribution in [0.15, 0.2) is 66.7 Å². The fourth-order valence-corrected chi connectivity index (χ4v) is 5.17. The van der Waals surface area contributed by atoms with Crippen LogP contribution in [0.1, 0.15) is 25.0 Å². The number of fused-ring (bicyclic) bond motifs is 3. The van der Waals surface area contributed by atoms with Gasteiger partial charge < -0.3 is 5.32 Å². The fraction of sp³-hybridized carbons (Fsp3) is 0.250. The lowest BCUT2D eigenvalue weighted by molar-refractivity contribution is 0.660. The first-order valence-corrected chi connectivity index (χ1v) is 12.9. The Bertz CT molecular complexity index is 962. The van der Waals surface area contributed by atoms with Crippen molar-refractivity contribution in [2.24, 2.45) is 0 Å². The lowest BCUT2D eigenvalue weighted by Crippen LogP contribution is -2.37. The number of hydrogen-bond donors (Lipinski definition) is 1. The lowest BCUT2D eigenvalue weighted by atomic mass is 9.82. The quantitative estimate of drug-likeness (QED) is 0.544. The number of anilines is 2. The van der Waals surface area contributed by atoms with E-state index in [2.05, 4.69) is 106 Å². The molecule has 26 heavy (non-hydrogen) atoms. The van der Waals surface area contributed by atoms with Crippen molar-refractivity contribution in [1.29, 1.82) is 0 Å². The first-order chi connectivity index (χ1) is 12.3. The maximum atomic E-state index is 3.59. The van der Waals surface area contributed by atoms with E-state index in [1.165, 1.54) is 27.4 Å². The van der Waals surface area contributed by atoms with Gasteiger partial charge >= 0.3 is 0 Å². The lowest BCUT2D eigenvalue weighted by Gasteiger charge is -2.22. The van der Waals surface area contributed by atoms with Crippen molar-refractivity contribution in [2.75, 3.05) is 5.32 Å². The molecule has 4 rings (SSSR count). The van der Waals surface area contributed by atoms with E-state index in [0.717, 1.165) is 11.4 Å². The van der Waals surface area contributed by atoms with Crippen molar-refractivity contribution >= 4 is 24.6 Å². The van der Waals surface area contributed by atoms with Crippen LogP contribution in [0.4, 0.5) is 11.4 Å². The Labute approximate surface area is 158 Å². The van der Waals surface area contributed by atoms with Gasteiger partial charge in [0.1, 0.15) is 0 Å². The van der Waals surface area contributed by atoms with Crippen molar-refractivity contribution in [1.82, 2.24) is 0 Å². The van der Waals surface area contributed by atoms with Crippen molar-refractivity contribution in [2.45, 2.75) is 38.9 Å². The third-order valence-electron chi connectivity index (χ3n) is 5.62. The summed E-state index contributed by atoms with van der Waals surface area (Å²) < 4.78 is 0. The minimum Gasteiger partial charge on any atom is -0.356 e. The van der Waals surface area contributed by atoms with Gasteiger partial charge in [0.2, 0.25) is 0 Å². The average Bonchev–Trinajstić information content (AvgIpc) is 2.83. The Hall–Kier alpha value is -2.32. The maximum absolute atomic E-state index is 3.59. The second-order valence-electron chi connectivity index (χ2n) is 8.88. The van der Waals surface area contributed by atoms with Crippen LogP contribution in [-0.4, -0.2) is 8.07 Å². The van der Waals surface area contributed by atoms with Gasteiger partial charge in [0.15, 0.2) is 0 Å². The molecule has 1 N–H and O–H groups in total. The normalized spacial score (nSPS) is 14.7. The smallest absolute Gasteiger partial charge is 0.0775 e. The first-order valence-electron chi connectivity index (χ1n) is 9.39. The fourth-order valence-electron chi connectivity index (χ4n) is 4.00. The monoisotopic (exact) mass is 357 g/mol. The summed E-state index contributed by atoms with van der Waals surface area (Å²) in [7, 11) is -1.25. The van der Waals surface area contributed by atoms with Crippen molar-refractivity contribution in [3.05, 3.63) is 77.9 Å². The summed E-state index contributed by atoms with van der Waals surface area (Å²) in [5, 5.41) is 5.09. The van der Waals surface area contributed by atoms with E-state index < -0.39 is 8.07 Å². The summed E-state index contributed by atoms with van der Waals surface area (Å²) >= 11 is 0. The molecule has 1 aliphatic carbocycles. The van der Waals surface area contributed by atoms with Gasteiger partial charge in [-0.2, -0.15) is 0 Å². The van der Waals surface area contributed by atoms with Crippen molar-refractivity contribution in [3.63, 3.8) is 0 Å². The highest BCUT2D eigenvalue weighted by atomic mass is 28.3. The van der Waals surface area contributed by atoms with E-state index in [-0.39, 0.29) is 5.41 Å². The zero-order valence-corrected chi connectivity index (χ0v) is 17.4. The van der Waals surface area contributed by atoms with Crippen molar-refractivity contribution in [3.8, 4) is 11.1 Å². The van der Waals surface area contributed by atoms with Gasteiger partial charge in [0, 0.05) is 16.8 Å². The van der Waals surface area contributed by atoms with Crippen LogP contribution >= 0.6 is 0 Å². The molecular weight excluding hydrogens is 330 g/mol. The van der Waals surface area contributed by atoms with E-state index in [1.807, 2.05) is 0 Å². The highest BCUT2D eigenvalue weighted by molar-refractivity contribution is 6.88. The third-order valence-corrected chi connectivity index (χ3v) is 7.69. The minimum atomic E-state index is -1.25. The molecule has 132 valence electrons. The van der Waals surface area contributed by atoms with Crippen LogP contribution in [-0.2, 0) is 5.41 Å². The number of nitrogens with one attached hydrogen (secondary N) is 1. The molecule has 0 radical (unpaired) electrons. The largest absolute Gasteiger partial charge is 0.356 e. The topological polar surface area (TPSA) is 12.0 Å². The number of hydrogen-bond acceptors (Lipinski definition) is 1. The van der Waals surface area contributed by atoms with Crippen molar-refractivity contribution < 1.29 is 0 Å². The predicted octanol–water partition coefficient (Wildman–Crippen LogP) is 6.28. The molecule has 0 heterocycles. The van der Waals surface area contributed by atoms with Gasteiger partial charge in [-0.25, -0.2) is 0 Å². The van der Waals surface area contributed by atoms with E-state index in [9.17, 15) is 0 Å². The van der Waals surface area contributed by atoms with Crippen LogP contribution in [0.5, 0.6) is 0 Å². The van der Waals surface area contributed by atoms with Gasteiger partial charge in [-0.05, 0) is 46.5 Å². The molecular formula is C24H27NSi. The van der Waals surface area contributed by atoms with Gasteiger partial charge in [-0.15, -0.1) is 0 Å². The Morgan fingerprint density at radius 2 is 1.31 bits per heavy atom. The van der Waals surface area contributed by atoms with Crippen LogP contribution < -0.4 is 10.5 Å². The Morgan fingerprint density at radius 1 is 0.692 bits per heavy atom. The molecule has 0 amide bonds. The molecule has 1 aliphatic rings. The Morgan fingerprint density at radius 3 is 2.00 bits per heavy atom. The first kappa shape index (κ1) is 17.1. The Balaban J connectivity index is 1.66. The summed E-state index contributed by atoms with van der Waals surface area (Å²) in [6.45, 7) is 11.8. The molecule has 0 atom stereocenters. The maximum Gasteiger partial charge on any atom is 0.0775 e. The molecule has 0 saturated carbocycles. The van der Waals surface area contributed by atoms with Gasteiger partial charge in [0.25, 0.3) is 0 Å². The summed E-state index contributed by atoms with van der Waals surface area (Å²) in [5.41, 5.74) is 7.93. The molecule has 0 fully saturated rings. The summed E-state index contributed by atoms with van der Waals surface area (Å²) in [5.74, 6) is 0. The molecule has 0 bridgehead atoms. The molecule has 3 aromatic carbocycles. The molecule has 0 aliphatic heterocycles. The third kappa shape index (κ3) is 2.79. The van der Waals surface area contributed by atoms with Gasteiger partial charge in [-0.1, -0.05) is 81.1 Å². The van der Waals surface area contributed by atoms with Crippen LogP contribution in [0.2, 0.25) is 19.6 Å². The SMILES string of the molecule is CC1(C)c2ccccc2-c2ccc(Nc3ccc([Si](C)(C)C)cc3)cc21. The van der Waals surface area contributed by atoms with Crippen LogP contribution in [0.25, 0.3) is 11.1 Å². The number of rotatable bonds is 3. The summed E-state index contributed by atoms with van der Waals surface area (Å²) in [6.07, 6.45) is 0. The molecule has 1 nitrogen and oxygen atoms in total. The molecule has 0 saturated heterocycles. The highest BCUT2D eigenvalue weighted by Crippen LogP contribution is 2.49. The zero-order valence-electron chi connectivity index (χ0n) is 16.4. The van der Waals surface area contributed by atoms with E-state index in [4.69, 9.17) is 0 Å². The second-order valence-corrected chi connectivity index (χ2v) is 14.0. The van der Waals surface area contributed by atoms with Crippen LogP contribution in [0, 0.1) is 0 Å². The standard InChI is InChI=1S/C24H27NSi/c1-24(2)22-9-7-6-8-20(22)21-15-12-18(16-23(21)24)25-17-10-13-19(14-11-17)26(3,4)5/h6-16,25H,1-5H3. The number of benzene rings is 3. The van der Waals surface area contributed by atoms with Gasteiger partial charge in [0.05, 0.1) is 8.07 Å². The molecule has 0 unspecified atom stereocenters. The zero-order chi connectivity index (χ0) is 18.5. The van der Waals surface area contributed by atoms with Crippen LogP contribution in [0.3, 0.4) is 0 Å². The summed E-state index contributed by atoms with van der Waals surface area (Å²) in [6, 6.07) is 24.5. The van der Waals surface area contributed by atoms with E-state index >= 15 is 0 Å². The minimum absolute atomic E-state index is 0.0469. The summed E-state index contributed by atoms with van der Waals surface area (Å²) in [4.78, 5) is 0. The highest BCUT2D eigenvalue weighted by Gasteiger charge is 2.35. The molecule has 0 aromatic heterocycles. The second kappa shape index (κ2) is 5.85. The Kier molecular flexibility index (Phi) is 3.85.